The second kappa shape index (κ2) is 21.1. The van der Waals surface area contributed by atoms with Crippen LogP contribution in [0.4, 0.5) is 34.1 Å². The van der Waals surface area contributed by atoms with E-state index in [1.54, 1.807) is 6.08 Å². The quantitative estimate of drug-likeness (QED) is 0.0947. The summed E-state index contributed by atoms with van der Waals surface area (Å²) < 4.78 is 0. The number of hydrogen-bond acceptors (Lipinski definition) is 2. The first-order chi connectivity index (χ1) is 33.6. The number of rotatable bonds is 15. The first kappa shape index (κ1) is 44.5. The molecule has 2 nitrogen and oxygen atoms in total. The van der Waals surface area contributed by atoms with Crippen LogP contribution in [0.15, 0.2) is 280 Å². The van der Waals surface area contributed by atoms with Crippen molar-refractivity contribution >= 4 is 45.3 Å². The topological polar surface area (TPSA) is 6.48 Å². The van der Waals surface area contributed by atoms with Crippen LogP contribution in [0.1, 0.15) is 25.0 Å². The molecule has 0 saturated heterocycles. The molecule has 0 N–H and O–H groups in total. The van der Waals surface area contributed by atoms with E-state index in [0.29, 0.717) is 0 Å². The normalized spacial score (nSPS) is 11.6. The van der Waals surface area contributed by atoms with Gasteiger partial charge < -0.3 is 9.80 Å². The summed E-state index contributed by atoms with van der Waals surface area (Å²) in [4.78, 5) is 4.67. The van der Waals surface area contributed by atoms with Gasteiger partial charge in [-0.25, -0.2) is 0 Å². The van der Waals surface area contributed by atoms with Crippen molar-refractivity contribution in [3.8, 4) is 44.5 Å². The maximum Gasteiger partial charge on any atom is 0.0468 e. The zero-order valence-electron chi connectivity index (χ0n) is 38.7. The Labute approximate surface area is 402 Å². The van der Waals surface area contributed by atoms with Crippen LogP contribution >= 0.6 is 0 Å². The van der Waals surface area contributed by atoms with E-state index < -0.39 is 0 Å². The van der Waals surface area contributed by atoms with Gasteiger partial charge in [-0.1, -0.05) is 207 Å². The minimum absolute atomic E-state index is 1.03. The molecule has 2 heteroatoms. The van der Waals surface area contributed by atoms with Crippen LogP contribution in [-0.2, 0) is 0 Å². The summed E-state index contributed by atoms with van der Waals surface area (Å²) in [6, 6.07) is 83.0. The Hall–Kier alpha value is -8.72. The first-order valence-corrected chi connectivity index (χ1v) is 23.2. The Morgan fingerprint density at radius 1 is 0.353 bits per heavy atom. The summed E-state index contributed by atoms with van der Waals surface area (Å²) in [6.07, 6.45) is 12.1. The highest BCUT2D eigenvalue weighted by Crippen LogP contribution is 2.44. The number of hydrogen-bond donors (Lipinski definition) is 0. The molecule has 0 fully saturated rings. The van der Waals surface area contributed by atoms with E-state index >= 15 is 0 Å². The molecule has 0 aliphatic rings. The third-order valence-corrected chi connectivity index (χ3v) is 12.3. The second-order valence-corrected chi connectivity index (χ2v) is 16.5. The van der Waals surface area contributed by atoms with Gasteiger partial charge in [0, 0.05) is 34.1 Å². The lowest BCUT2D eigenvalue weighted by Gasteiger charge is -2.27. The molecule has 0 unspecified atom stereocenters. The molecule has 0 atom stereocenters. The van der Waals surface area contributed by atoms with Gasteiger partial charge in [0.2, 0.25) is 0 Å². The molecule has 9 aromatic rings. The van der Waals surface area contributed by atoms with Crippen LogP contribution in [0.25, 0.3) is 55.7 Å². The molecule has 9 rings (SSSR count). The summed E-state index contributed by atoms with van der Waals surface area (Å²) in [7, 11) is 0. The molecule has 68 heavy (non-hydrogen) atoms. The summed E-state index contributed by atoms with van der Waals surface area (Å²) in [5.41, 5.74) is 20.3. The smallest absolute Gasteiger partial charge is 0.0468 e. The van der Waals surface area contributed by atoms with Crippen LogP contribution in [0, 0.1) is 0 Å². The van der Waals surface area contributed by atoms with E-state index in [4.69, 9.17) is 0 Å². The Morgan fingerprint density at radius 2 is 0.706 bits per heavy atom. The summed E-state index contributed by atoms with van der Waals surface area (Å²) in [5.74, 6) is 0. The number of benzene rings is 9. The lowest BCUT2D eigenvalue weighted by atomic mass is 9.90. The van der Waals surface area contributed by atoms with E-state index in [-0.39, 0.29) is 0 Å². The predicted molar refractivity (Wildman–Crippen MR) is 294 cm³/mol. The molecule has 0 spiro atoms. The Kier molecular flexibility index (Phi) is 13.8. The van der Waals surface area contributed by atoms with Crippen molar-refractivity contribution < 1.29 is 0 Å². The maximum atomic E-state index is 4.03. The van der Waals surface area contributed by atoms with Gasteiger partial charge in [0.05, 0.1) is 0 Å². The third-order valence-electron chi connectivity index (χ3n) is 12.3. The lowest BCUT2D eigenvalue weighted by Crippen LogP contribution is -2.10. The second-order valence-electron chi connectivity index (χ2n) is 16.5. The average molecular weight is 875 g/mol. The van der Waals surface area contributed by atoms with E-state index in [9.17, 15) is 0 Å². The minimum Gasteiger partial charge on any atom is -0.310 e. The van der Waals surface area contributed by atoms with Crippen molar-refractivity contribution in [2.45, 2.75) is 13.8 Å². The van der Waals surface area contributed by atoms with E-state index in [1.807, 2.05) is 12.2 Å². The third kappa shape index (κ3) is 9.63. The molecule has 9 aromatic carbocycles. The van der Waals surface area contributed by atoms with Gasteiger partial charge in [-0.3, -0.25) is 0 Å². The standard InChI is InChI=1S/C66H54N2/c1-5-21-49(7-3)51-35-39-59(40-36-51)67(57-27-17-11-18-28-57)61-43-45-63(65(47-61)53-23-13-9-14-24-53)55-31-33-56(34-32-55)64-46-44-62(48-66(64)54-25-15-10-16-26-54)68(58-29-19-12-20-30-58)60-41-37-52(38-42-60)50(8-4)22-6-2/h5-48H,1,3H2,2,4H3/b22-6-,49-21+,50-8+. The van der Waals surface area contributed by atoms with Crippen molar-refractivity contribution in [1.82, 2.24) is 0 Å². The van der Waals surface area contributed by atoms with E-state index in [1.165, 1.54) is 22.3 Å². The average Bonchev–Trinajstić information content (AvgIpc) is 3.41. The van der Waals surface area contributed by atoms with Gasteiger partial charge >= 0.3 is 0 Å². The number of para-hydroxylation sites is 2. The molecule has 0 aliphatic heterocycles. The van der Waals surface area contributed by atoms with Crippen molar-refractivity contribution in [2.75, 3.05) is 9.80 Å². The molecule has 0 bridgehead atoms. The van der Waals surface area contributed by atoms with Crippen LogP contribution in [0.3, 0.4) is 0 Å². The molecular formula is C66H54N2. The summed E-state index contributed by atoms with van der Waals surface area (Å²) in [6.45, 7) is 12.1. The van der Waals surface area contributed by atoms with Crippen LogP contribution < -0.4 is 9.80 Å². The number of anilines is 6. The highest BCUT2D eigenvalue weighted by molar-refractivity contribution is 5.92. The van der Waals surface area contributed by atoms with Gasteiger partial charge in [0.25, 0.3) is 0 Å². The number of nitrogens with zero attached hydrogens (tertiary/aromatic N) is 2. The zero-order valence-corrected chi connectivity index (χ0v) is 38.7. The van der Waals surface area contributed by atoms with Crippen LogP contribution in [-0.4, -0.2) is 0 Å². The van der Waals surface area contributed by atoms with E-state index in [2.05, 4.69) is 286 Å². The largest absolute Gasteiger partial charge is 0.310 e. The van der Waals surface area contributed by atoms with Crippen molar-refractivity contribution in [3.05, 3.63) is 291 Å². The van der Waals surface area contributed by atoms with Crippen molar-refractivity contribution in [2.24, 2.45) is 0 Å². The van der Waals surface area contributed by atoms with Gasteiger partial charge in [0.15, 0.2) is 0 Å². The molecule has 0 aromatic heterocycles. The van der Waals surface area contributed by atoms with Crippen molar-refractivity contribution in [1.29, 1.82) is 0 Å². The van der Waals surface area contributed by atoms with Gasteiger partial charge in [-0.15, -0.1) is 0 Å². The van der Waals surface area contributed by atoms with Gasteiger partial charge in [-0.2, -0.15) is 0 Å². The van der Waals surface area contributed by atoms with Crippen LogP contribution in [0.2, 0.25) is 0 Å². The molecule has 0 heterocycles. The monoisotopic (exact) mass is 874 g/mol. The molecule has 0 amide bonds. The predicted octanol–water partition coefficient (Wildman–Crippen LogP) is 19.0. The van der Waals surface area contributed by atoms with Gasteiger partial charge in [0.1, 0.15) is 0 Å². The fourth-order valence-electron chi connectivity index (χ4n) is 8.99. The maximum absolute atomic E-state index is 4.03. The van der Waals surface area contributed by atoms with Crippen LogP contribution in [0.5, 0.6) is 0 Å². The summed E-state index contributed by atoms with van der Waals surface area (Å²) in [5, 5.41) is 0. The highest BCUT2D eigenvalue weighted by atomic mass is 15.1. The van der Waals surface area contributed by atoms with Crippen molar-refractivity contribution in [3.63, 3.8) is 0 Å². The number of allylic oxidation sites excluding steroid dienone is 8. The summed E-state index contributed by atoms with van der Waals surface area (Å²) >= 11 is 0. The fourth-order valence-corrected chi connectivity index (χ4v) is 8.99. The minimum atomic E-state index is 1.03. The first-order valence-electron chi connectivity index (χ1n) is 23.2. The van der Waals surface area contributed by atoms with E-state index in [0.717, 1.165) is 78.6 Å². The SMILES string of the molecule is C=C/C=C(\C=C)c1ccc(N(c2ccccc2)c2ccc(-c3ccc(-c4ccc(N(c5ccccc5)c5ccc(C(/C=C\C)=C/C)cc5)cc4-c4ccccc4)cc3)c(-c3ccccc3)c2)cc1. The zero-order chi connectivity index (χ0) is 46.7. The Morgan fingerprint density at radius 3 is 1.07 bits per heavy atom. The Bertz CT molecular complexity index is 3220. The molecule has 328 valence electrons. The molecular weight excluding hydrogens is 821 g/mol. The molecule has 0 radical (unpaired) electrons. The molecule has 0 saturated carbocycles. The Balaban J connectivity index is 1.11. The molecule has 0 aliphatic carbocycles. The van der Waals surface area contributed by atoms with Gasteiger partial charge in [-0.05, 0) is 153 Å². The highest BCUT2D eigenvalue weighted by Gasteiger charge is 2.19. The fraction of sp³-hybridized carbons (Fsp3) is 0.0303. The lowest BCUT2D eigenvalue weighted by molar-refractivity contribution is 1.28.